The van der Waals surface area contributed by atoms with Crippen LogP contribution in [0.4, 0.5) is 0 Å². The van der Waals surface area contributed by atoms with E-state index in [0.717, 1.165) is 0 Å². The average Bonchev–Trinajstić information content (AvgIpc) is 2.74. The van der Waals surface area contributed by atoms with Crippen molar-refractivity contribution in [2.45, 2.75) is 27.7 Å². The summed E-state index contributed by atoms with van der Waals surface area (Å²) in [6.45, 7) is 8.75. The van der Waals surface area contributed by atoms with Gasteiger partial charge in [0.25, 0.3) is 0 Å². The predicted molar refractivity (Wildman–Crippen MR) is 131 cm³/mol. The van der Waals surface area contributed by atoms with Crippen molar-refractivity contribution in [2.24, 2.45) is 0 Å². The fourth-order valence-corrected chi connectivity index (χ4v) is 4.58. The van der Waals surface area contributed by atoms with Crippen LogP contribution >= 0.6 is 0 Å². The molecule has 0 atom stereocenters. The number of hydrogen-bond donors (Lipinski definition) is 0. The Bertz CT molecular complexity index is 1400. The number of benzene rings is 5. The molecule has 0 aromatic heterocycles. The Balaban J connectivity index is 2.02. The normalized spacial score (nSPS) is 11.3. The first-order valence-electron chi connectivity index (χ1n) is 10.6. The van der Waals surface area contributed by atoms with Crippen molar-refractivity contribution in [3.63, 3.8) is 0 Å². The van der Waals surface area contributed by atoms with Gasteiger partial charge in [-0.1, -0.05) is 96.1 Å². The molecule has 0 heterocycles. The number of aryl methyl sites for hydroxylation is 4. The van der Waals surface area contributed by atoms with Gasteiger partial charge in [-0.3, -0.25) is 0 Å². The largest absolute Gasteiger partial charge is 0.0616 e. The van der Waals surface area contributed by atoms with E-state index >= 15 is 0 Å². The topological polar surface area (TPSA) is 0 Å². The molecule has 0 saturated heterocycles. The summed E-state index contributed by atoms with van der Waals surface area (Å²) in [5.41, 5.74) is 10.5. The van der Waals surface area contributed by atoms with Crippen molar-refractivity contribution in [2.75, 3.05) is 0 Å². The van der Waals surface area contributed by atoms with Gasteiger partial charge in [0.1, 0.15) is 0 Å². The molecule has 5 aromatic rings. The van der Waals surface area contributed by atoms with Crippen LogP contribution in [0.25, 0.3) is 43.8 Å². The first-order valence-corrected chi connectivity index (χ1v) is 10.6. The molecule has 0 unspecified atom stereocenters. The Hall–Kier alpha value is -3.38. The lowest BCUT2D eigenvalue weighted by Crippen LogP contribution is -1.93. The van der Waals surface area contributed by atoms with E-state index in [4.69, 9.17) is 0 Å². The monoisotopic (exact) mass is 386 g/mol. The summed E-state index contributed by atoms with van der Waals surface area (Å²) >= 11 is 0. The molecule has 5 rings (SSSR count). The zero-order valence-corrected chi connectivity index (χ0v) is 18.1. The summed E-state index contributed by atoms with van der Waals surface area (Å²) in [7, 11) is 0. The number of fused-ring (bicyclic) bond motifs is 2. The Morgan fingerprint density at radius 2 is 0.967 bits per heavy atom. The molecule has 30 heavy (non-hydrogen) atoms. The smallest absolute Gasteiger partial charge is 0.00262 e. The summed E-state index contributed by atoms with van der Waals surface area (Å²) in [5.74, 6) is 0. The molecule has 0 nitrogen and oxygen atoms in total. The van der Waals surface area contributed by atoms with Gasteiger partial charge < -0.3 is 0 Å². The van der Waals surface area contributed by atoms with Crippen molar-refractivity contribution in [3.05, 3.63) is 107 Å². The Morgan fingerprint density at radius 1 is 0.400 bits per heavy atom. The van der Waals surface area contributed by atoms with Crippen LogP contribution in [0.5, 0.6) is 0 Å². The van der Waals surface area contributed by atoms with E-state index in [0.29, 0.717) is 0 Å². The summed E-state index contributed by atoms with van der Waals surface area (Å²) in [4.78, 5) is 0. The summed E-state index contributed by atoms with van der Waals surface area (Å²) in [6.07, 6.45) is 0. The minimum Gasteiger partial charge on any atom is -0.0616 e. The van der Waals surface area contributed by atoms with E-state index < -0.39 is 0 Å². The molecule has 0 aliphatic rings. The van der Waals surface area contributed by atoms with Crippen LogP contribution in [0, 0.1) is 27.7 Å². The van der Waals surface area contributed by atoms with Crippen molar-refractivity contribution < 1.29 is 0 Å². The highest BCUT2D eigenvalue weighted by molar-refractivity contribution is 6.21. The molecule has 0 heteroatoms. The van der Waals surface area contributed by atoms with Crippen molar-refractivity contribution >= 4 is 21.5 Å². The summed E-state index contributed by atoms with van der Waals surface area (Å²) in [6, 6.07) is 31.5. The SMILES string of the molecule is Cc1ccc(-c2c3ccccc3c(-c3cccc(C)c3)c3cc(C)c(C)cc23)cc1. The van der Waals surface area contributed by atoms with Crippen LogP contribution in [0.1, 0.15) is 22.3 Å². The zero-order valence-electron chi connectivity index (χ0n) is 18.1. The molecular weight excluding hydrogens is 360 g/mol. The van der Waals surface area contributed by atoms with Gasteiger partial charge in [-0.05, 0) is 82.6 Å². The second-order valence-electron chi connectivity index (χ2n) is 8.51. The third-order valence-corrected chi connectivity index (χ3v) is 6.29. The van der Waals surface area contributed by atoms with Crippen LogP contribution in [0.15, 0.2) is 84.9 Å². The molecule has 0 aliphatic carbocycles. The van der Waals surface area contributed by atoms with E-state index in [1.54, 1.807) is 0 Å². The van der Waals surface area contributed by atoms with Crippen molar-refractivity contribution in [1.29, 1.82) is 0 Å². The molecule has 146 valence electrons. The molecule has 0 amide bonds. The van der Waals surface area contributed by atoms with Crippen LogP contribution < -0.4 is 0 Å². The predicted octanol–water partition coefficient (Wildman–Crippen LogP) is 8.56. The highest BCUT2D eigenvalue weighted by atomic mass is 14.2. The maximum Gasteiger partial charge on any atom is -0.00262 e. The fraction of sp³-hybridized carbons (Fsp3) is 0.133. The van der Waals surface area contributed by atoms with Gasteiger partial charge >= 0.3 is 0 Å². The second-order valence-corrected chi connectivity index (χ2v) is 8.51. The van der Waals surface area contributed by atoms with Crippen molar-refractivity contribution in [1.82, 2.24) is 0 Å². The molecule has 0 saturated carbocycles. The lowest BCUT2D eigenvalue weighted by Gasteiger charge is -2.19. The van der Waals surface area contributed by atoms with Crippen LogP contribution in [-0.4, -0.2) is 0 Å². The van der Waals surface area contributed by atoms with Gasteiger partial charge in [0.2, 0.25) is 0 Å². The Morgan fingerprint density at radius 3 is 1.53 bits per heavy atom. The van der Waals surface area contributed by atoms with Gasteiger partial charge in [-0.2, -0.15) is 0 Å². The second kappa shape index (κ2) is 7.15. The molecule has 0 aliphatic heterocycles. The molecule has 0 fully saturated rings. The van der Waals surface area contributed by atoms with Gasteiger partial charge in [-0.25, -0.2) is 0 Å². The zero-order chi connectivity index (χ0) is 20.8. The molecule has 0 spiro atoms. The van der Waals surface area contributed by atoms with Gasteiger partial charge in [-0.15, -0.1) is 0 Å². The molecule has 0 N–H and O–H groups in total. The highest BCUT2D eigenvalue weighted by Gasteiger charge is 2.17. The minimum absolute atomic E-state index is 1.28. The number of rotatable bonds is 2. The molecule has 0 radical (unpaired) electrons. The summed E-state index contributed by atoms with van der Waals surface area (Å²) < 4.78 is 0. The van der Waals surface area contributed by atoms with Crippen LogP contribution in [-0.2, 0) is 0 Å². The van der Waals surface area contributed by atoms with Gasteiger partial charge in [0.15, 0.2) is 0 Å². The standard InChI is InChI=1S/C30H26/c1-19-12-14-23(15-13-19)29-25-10-5-6-11-26(25)30(24-9-7-8-20(2)16-24)28-18-22(4)21(3)17-27(28)29/h5-18H,1-4H3. The first-order chi connectivity index (χ1) is 14.5. The number of hydrogen-bond acceptors (Lipinski definition) is 0. The average molecular weight is 387 g/mol. The molecule has 0 bridgehead atoms. The lowest BCUT2D eigenvalue weighted by molar-refractivity contribution is 1.37. The van der Waals surface area contributed by atoms with Crippen LogP contribution in [0.3, 0.4) is 0 Å². The first kappa shape index (κ1) is 18.6. The summed E-state index contributed by atoms with van der Waals surface area (Å²) in [5, 5.41) is 5.29. The third-order valence-electron chi connectivity index (χ3n) is 6.29. The maximum absolute atomic E-state index is 2.38. The highest BCUT2D eigenvalue weighted by Crippen LogP contribution is 2.44. The maximum atomic E-state index is 2.38. The molecular formula is C30H26. The molecule has 5 aromatic carbocycles. The van der Waals surface area contributed by atoms with E-state index in [-0.39, 0.29) is 0 Å². The minimum atomic E-state index is 1.28. The fourth-order valence-electron chi connectivity index (χ4n) is 4.58. The van der Waals surface area contributed by atoms with E-state index in [1.807, 2.05) is 0 Å². The van der Waals surface area contributed by atoms with E-state index in [2.05, 4.69) is 113 Å². The van der Waals surface area contributed by atoms with E-state index in [9.17, 15) is 0 Å². The lowest BCUT2D eigenvalue weighted by atomic mass is 9.84. The van der Waals surface area contributed by atoms with Crippen LogP contribution in [0.2, 0.25) is 0 Å². The Kier molecular flexibility index (Phi) is 4.44. The van der Waals surface area contributed by atoms with Crippen molar-refractivity contribution in [3.8, 4) is 22.3 Å². The van der Waals surface area contributed by atoms with E-state index in [1.165, 1.54) is 66.1 Å². The quantitative estimate of drug-likeness (QED) is 0.267. The Labute approximate surface area is 178 Å². The van der Waals surface area contributed by atoms with Gasteiger partial charge in [0, 0.05) is 0 Å². The third kappa shape index (κ3) is 3.00. The van der Waals surface area contributed by atoms with Gasteiger partial charge in [0.05, 0.1) is 0 Å².